The summed E-state index contributed by atoms with van der Waals surface area (Å²) in [5.41, 5.74) is 5.34. The number of unbranched alkanes of at least 4 members (excludes halogenated alkanes) is 7. The average molecular weight is 814 g/mol. The van der Waals surface area contributed by atoms with Crippen molar-refractivity contribution in [1.29, 1.82) is 0 Å². The zero-order valence-electron chi connectivity index (χ0n) is 35.3. The van der Waals surface area contributed by atoms with E-state index in [0.717, 1.165) is 77.0 Å². The van der Waals surface area contributed by atoms with Crippen LogP contribution in [0.25, 0.3) is 0 Å². The van der Waals surface area contributed by atoms with Gasteiger partial charge >= 0.3 is 19.8 Å². The molecule has 9 nitrogen and oxygen atoms in total. The van der Waals surface area contributed by atoms with Crippen molar-refractivity contribution in [1.82, 2.24) is 0 Å². The summed E-state index contributed by atoms with van der Waals surface area (Å²) in [4.78, 5) is 34.8. The minimum Gasteiger partial charge on any atom is -0.462 e. The van der Waals surface area contributed by atoms with E-state index in [4.69, 9.17) is 24.3 Å². The van der Waals surface area contributed by atoms with E-state index in [2.05, 4.69) is 111 Å². The summed E-state index contributed by atoms with van der Waals surface area (Å²) in [5.74, 6) is -0.965. The first-order valence-electron chi connectivity index (χ1n) is 21.4. The highest BCUT2D eigenvalue weighted by Gasteiger charge is 2.25. The number of phosphoric ester groups is 1. The van der Waals surface area contributed by atoms with E-state index < -0.39 is 32.5 Å². The van der Waals surface area contributed by atoms with Gasteiger partial charge in [0.15, 0.2) is 6.10 Å². The molecule has 0 aliphatic carbocycles. The first-order valence-corrected chi connectivity index (χ1v) is 22.9. The van der Waals surface area contributed by atoms with Crippen molar-refractivity contribution < 1.29 is 37.6 Å². The Morgan fingerprint density at radius 1 is 0.544 bits per heavy atom. The van der Waals surface area contributed by atoms with Gasteiger partial charge in [-0.15, -0.1) is 0 Å². The maximum absolute atomic E-state index is 12.5. The van der Waals surface area contributed by atoms with Gasteiger partial charge in [-0.05, 0) is 89.9 Å². The van der Waals surface area contributed by atoms with Crippen molar-refractivity contribution in [2.75, 3.05) is 26.4 Å². The van der Waals surface area contributed by atoms with Crippen LogP contribution in [0.1, 0.15) is 142 Å². The SMILES string of the molecule is CCC=CCC=CCC=CCC=CCC=CCC=CCCC(=O)O[C@H](COC(=O)CCCCCCC=CCC=CCC=CCCCCC)COP(=O)(O)OCCN. The predicted octanol–water partition coefficient (Wildman–Crippen LogP) is 12.4. The second-order valence-electron chi connectivity index (χ2n) is 13.5. The van der Waals surface area contributed by atoms with E-state index in [1.165, 1.54) is 25.7 Å². The Labute approximate surface area is 346 Å². The van der Waals surface area contributed by atoms with Crippen molar-refractivity contribution >= 4 is 19.8 Å². The van der Waals surface area contributed by atoms with Gasteiger partial charge in [0.25, 0.3) is 0 Å². The van der Waals surface area contributed by atoms with Gasteiger partial charge in [0.05, 0.1) is 13.2 Å². The minimum absolute atomic E-state index is 0.0321. The largest absolute Gasteiger partial charge is 0.472 e. The normalized spacial score (nSPS) is 14.4. The third-order valence-corrected chi connectivity index (χ3v) is 9.14. The second kappa shape index (κ2) is 42.3. The van der Waals surface area contributed by atoms with Crippen LogP contribution in [0.4, 0.5) is 0 Å². The fourth-order valence-corrected chi connectivity index (χ4v) is 5.78. The monoisotopic (exact) mass is 814 g/mol. The van der Waals surface area contributed by atoms with Crippen LogP contribution < -0.4 is 5.73 Å². The quantitative estimate of drug-likeness (QED) is 0.0270. The molecule has 0 aliphatic rings. The van der Waals surface area contributed by atoms with Gasteiger partial charge < -0.3 is 20.1 Å². The topological polar surface area (TPSA) is 134 Å². The molecule has 0 bridgehead atoms. The van der Waals surface area contributed by atoms with Gasteiger partial charge in [-0.2, -0.15) is 0 Å². The molecule has 0 aromatic rings. The van der Waals surface area contributed by atoms with Crippen molar-refractivity contribution in [3.8, 4) is 0 Å². The first-order chi connectivity index (χ1) is 27.8. The molecule has 0 amide bonds. The number of hydrogen-bond acceptors (Lipinski definition) is 8. The molecule has 57 heavy (non-hydrogen) atoms. The molecular formula is C47H76NO8P. The number of carbonyl (C=O) groups is 2. The van der Waals surface area contributed by atoms with Gasteiger partial charge in [0.1, 0.15) is 6.61 Å². The number of allylic oxidation sites excluding steroid dienone is 18. The van der Waals surface area contributed by atoms with Crippen molar-refractivity contribution in [2.45, 2.75) is 148 Å². The summed E-state index contributed by atoms with van der Waals surface area (Å²) in [7, 11) is -4.41. The van der Waals surface area contributed by atoms with Crippen LogP contribution in [0.5, 0.6) is 0 Å². The van der Waals surface area contributed by atoms with Gasteiger partial charge in [-0.3, -0.25) is 18.6 Å². The number of esters is 2. The predicted molar refractivity (Wildman–Crippen MR) is 238 cm³/mol. The van der Waals surface area contributed by atoms with Gasteiger partial charge in [0, 0.05) is 19.4 Å². The van der Waals surface area contributed by atoms with Crippen LogP contribution in [-0.4, -0.2) is 49.3 Å². The molecule has 0 aromatic heterocycles. The molecular weight excluding hydrogens is 737 g/mol. The zero-order valence-corrected chi connectivity index (χ0v) is 36.2. The van der Waals surface area contributed by atoms with Crippen LogP contribution in [0, 0.1) is 0 Å². The maximum Gasteiger partial charge on any atom is 0.472 e. The van der Waals surface area contributed by atoms with Crippen molar-refractivity contribution in [3.05, 3.63) is 109 Å². The molecule has 0 spiro atoms. The number of rotatable bonds is 38. The third-order valence-electron chi connectivity index (χ3n) is 8.16. The molecule has 0 fully saturated rings. The highest BCUT2D eigenvalue weighted by atomic mass is 31.2. The van der Waals surface area contributed by atoms with Crippen molar-refractivity contribution in [2.24, 2.45) is 5.73 Å². The van der Waals surface area contributed by atoms with E-state index in [-0.39, 0.29) is 32.6 Å². The zero-order chi connectivity index (χ0) is 41.8. The molecule has 3 N–H and O–H groups in total. The second-order valence-corrected chi connectivity index (χ2v) is 14.9. The molecule has 0 rings (SSSR count). The molecule has 0 heterocycles. The smallest absolute Gasteiger partial charge is 0.462 e. The Balaban J connectivity index is 4.37. The van der Waals surface area contributed by atoms with Crippen LogP contribution in [-0.2, 0) is 32.7 Å². The van der Waals surface area contributed by atoms with E-state index in [1.54, 1.807) is 0 Å². The molecule has 0 aliphatic heterocycles. The molecule has 2 atom stereocenters. The van der Waals surface area contributed by atoms with Gasteiger partial charge in [-0.25, -0.2) is 4.57 Å². The Morgan fingerprint density at radius 2 is 1.00 bits per heavy atom. The highest BCUT2D eigenvalue weighted by Crippen LogP contribution is 2.43. The van der Waals surface area contributed by atoms with Crippen LogP contribution >= 0.6 is 7.82 Å². The number of hydrogen-bond donors (Lipinski definition) is 2. The van der Waals surface area contributed by atoms with Crippen LogP contribution in [0.2, 0.25) is 0 Å². The van der Waals surface area contributed by atoms with Crippen molar-refractivity contribution in [3.63, 3.8) is 0 Å². The summed E-state index contributed by atoms with van der Waals surface area (Å²) in [6, 6.07) is 0. The summed E-state index contributed by atoms with van der Waals surface area (Å²) < 4.78 is 32.6. The molecule has 10 heteroatoms. The van der Waals surface area contributed by atoms with E-state index in [1.807, 2.05) is 12.2 Å². The standard InChI is InChI=1S/C47H76NO8P/c1-3-5-7-9-11-13-15-17-19-21-22-24-26-28-30-32-34-36-38-40-47(50)56-45(44-55-57(51,52)54-42-41-48)43-53-46(49)39-37-35-33-31-29-27-25-23-20-18-16-14-12-10-8-6-4-2/h5,7,11-14,17-20,22,24-25,27-28,30,34,36,45H,3-4,6,8-10,15-16,21,23,26,29,31-33,35,37-44,48H2,1-2H3,(H,51,52)/t45-/m1/s1. The Morgan fingerprint density at radius 3 is 1.49 bits per heavy atom. The van der Waals surface area contributed by atoms with E-state index in [0.29, 0.717) is 12.8 Å². The number of nitrogens with two attached hydrogens (primary N) is 1. The van der Waals surface area contributed by atoms with Gasteiger partial charge in [0.2, 0.25) is 0 Å². The molecule has 0 saturated carbocycles. The Bertz CT molecular complexity index is 1290. The Hall–Kier alpha value is -3.33. The van der Waals surface area contributed by atoms with E-state index >= 15 is 0 Å². The van der Waals surface area contributed by atoms with Crippen LogP contribution in [0.15, 0.2) is 109 Å². The first kappa shape index (κ1) is 53.7. The highest BCUT2D eigenvalue weighted by molar-refractivity contribution is 7.47. The molecule has 0 aromatic carbocycles. The molecule has 1 unspecified atom stereocenters. The van der Waals surface area contributed by atoms with Gasteiger partial charge in [-0.1, -0.05) is 149 Å². The fourth-order valence-electron chi connectivity index (χ4n) is 5.02. The third kappa shape index (κ3) is 42.1. The minimum atomic E-state index is -4.41. The maximum atomic E-state index is 12.5. The Kier molecular flexibility index (Phi) is 39.8. The summed E-state index contributed by atoms with van der Waals surface area (Å²) in [6.45, 7) is 3.44. The molecule has 322 valence electrons. The lowest BCUT2D eigenvalue weighted by molar-refractivity contribution is -0.161. The lowest BCUT2D eigenvalue weighted by atomic mass is 10.1. The van der Waals surface area contributed by atoms with Crippen LogP contribution in [0.3, 0.4) is 0 Å². The summed E-state index contributed by atoms with van der Waals surface area (Å²) in [6.07, 6.45) is 55.6. The lowest BCUT2D eigenvalue weighted by Crippen LogP contribution is -2.29. The summed E-state index contributed by atoms with van der Waals surface area (Å²) in [5, 5.41) is 0. The average Bonchev–Trinajstić information content (AvgIpc) is 3.20. The molecule has 0 radical (unpaired) electrons. The number of carbonyl (C=O) groups excluding carboxylic acids is 2. The fraction of sp³-hybridized carbons (Fsp3) is 0.574. The lowest BCUT2D eigenvalue weighted by Gasteiger charge is -2.19. The van der Waals surface area contributed by atoms with E-state index in [9.17, 15) is 19.0 Å². The summed E-state index contributed by atoms with van der Waals surface area (Å²) >= 11 is 0. The molecule has 0 saturated heterocycles. The number of phosphoric acid groups is 1. The number of ether oxygens (including phenoxy) is 2.